The molecule has 0 rings (SSSR count). The van der Waals surface area contributed by atoms with Crippen molar-refractivity contribution in [1.29, 1.82) is 0 Å². The van der Waals surface area contributed by atoms with Gasteiger partial charge in [0.1, 0.15) is 5.54 Å². The van der Waals surface area contributed by atoms with Gasteiger partial charge in [-0.3, -0.25) is 4.79 Å². The number of carbonyl (C=O) groups excluding carboxylic acids is 1. The van der Waals surface area contributed by atoms with Crippen molar-refractivity contribution in [2.75, 3.05) is 31.8 Å². The van der Waals surface area contributed by atoms with Gasteiger partial charge in [0.05, 0.1) is 6.61 Å². The molecule has 0 aromatic carbocycles. The van der Waals surface area contributed by atoms with Gasteiger partial charge in [-0.25, -0.2) is 0 Å². The topological polar surface area (TPSA) is 58.6 Å². The number of aliphatic hydroxyl groups excluding tert-OH is 1. The lowest BCUT2D eigenvalue weighted by atomic mass is 10.00. The highest BCUT2D eigenvalue weighted by Crippen LogP contribution is 2.16. The molecule has 2 N–H and O–H groups in total. The number of hydrogen-bond acceptors (Lipinski definition) is 5. The summed E-state index contributed by atoms with van der Waals surface area (Å²) in [5.74, 6) is 1.62. The normalized spacial score (nSPS) is 14.5. The molecule has 96 valence electrons. The van der Waals surface area contributed by atoms with Gasteiger partial charge in [-0.15, -0.1) is 0 Å². The van der Waals surface area contributed by atoms with Crippen molar-refractivity contribution in [3.05, 3.63) is 0 Å². The smallest absolute Gasteiger partial charge is 0.326 e. The van der Waals surface area contributed by atoms with E-state index >= 15 is 0 Å². The van der Waals surface area contributed by atoms with Gasteiger partial charge in [0.25, 0.3) is 0 Å². The summed E-state index contributed by atoms with van der Waals surface area (Å²) in [5.41, 5.74) is -0.595. The molecule has 0 aromatic heterocycles. The van der Waals surface area contributed by atoms with Crippen LogP contribution in [0.5, 0.6) is 0 Å². The summed E-state index contributed by atoms with van der Waals surface area (Å²) in [4.78, 5) is 11.7. The zero-order chi connectivity index (χ0) is 12.4. The summed E-state index contributed by atoms with van der Waals surface area (Å²) in [5, 5.41) is 11.6. The summed E-state index contributed by atoms with van der Waals surface area (Å²) < 4.78 is 5.03. The first-order valence-corrected chi connectivity index (χ1v) is 6.81. The minimum absolute atomic E-state index is 0.194. The Bertz CT molecular complexity index is 202. The Kier molecular flexibility index (Phi) is 8.70. The van der Waals surface area contributed by atoms with Crippen molar-refractivity contribution in [2.24, 2.45) is 0 Å². The molecule has 0 aliphatic carbocycles. The Labute approximate surface area is 102 Å². The van der Waals surface area contributed by atoms with Crippen molar-refractivity contribution in [3.8, 4) is 0 Å². The second-order valence-corrected chi connectivity index (χ2v) is 4.97. The van der Waals surface area contributed by atoms with E-state index in [0.717, 1.165) is 24.3 Å². The molecule has 0 saturated heterocycles. The fourth-order valence-corrected chi connectivity index (χ4v) is 2.25. The molecule has 1 atom stereocenters. The van der Waals surface area contributed by atoms with Crippen molar-refractivity contribution < 1.29 is 14.6 Å². The standard InChI is InChI=1S/C11H23NO3S/c1-4-15-10(14)11(2,12-3)6-9-16-8-5-7-13/h12-13H,4-9H2,1-3H3. The number of likely N-dealkylation sites (N-methyl/N-ethyl adjacent to an activating group) is 1. The van der Waals surface area contributed by atoms with Gasteiger partial charge in [0, 0.05) is 6.61 Å². The number of nitrogens with one attached hydrogen (secondary N) is 1. The van der Waals surface area contributed by atoms with Crippen LogP contribution in [0, 0.1) is 0 Å². The van der Waals surface area contributed by atoms with Crippen LogP contribution in [0.1, 0.15) is 26.7 Å². The first-order valence-electron chi connectivity index (χ1n) is 5.65. The van der Waals surface area contributed by atoms with Crippen LogP contribution >= 0.6 is 11.8 Å². The monoisotopic (exact) mass is 249 g/mol. The third-order valence-electron chi connectivity index (χ3n) is 2.47. The second kappa shape index (κ2) is 8.84. The van der Waals surface area contributed by atoms with Crippen molar-refractivity contribution >= 4 is 17.7 Å². The molecule has 0 fully saturated rings. The van der Waals surface area contributed by atoms with Gasteiger partial charge in [0.2, 0.25) is 0 Å². The van der Waals surface area contributed by atoms with Crippen molar-refractivity contribution in [2.45, 2.75) is 32.2 Å². The van der Waals surface area contributed by atoms with Crippen LogP contribution in [0.25, 0.3) is 0 Å². The third-order valence-corrected chi connectivity index (χ3v) is 3.54. The Morgan fingerprint density at radius 2 is 2.19 bits per heavy atom. The van der Waals surface area contributed by atoms with Gasteiger partial charge >= 0.3 is 5.97 Å². The first kappa shape index (κ1) is 15.7. The van der Waals surface area contributed by atoms with Crippen molar-refractivity contribution in [1.82, 2.24) is 5.32 Å². The highest BCUT2D eigenvalue weighted by atomic mass is 32.2. The average Bonchev–Trinajstić information content (AvgIpc) is 2.28. The first-order chi connectivity index (χ1) is 7.60. The molecule has 1 unspecified atom stereocenters. The average molecular weight is 249 g/mol. The molecule has 0 amide bonds. The maximum Gasteiger partial charge on any atom is 0.326 e. The molecule has 0 aliphatic rings. The highest BCUT2D eigenvalue weighted by Gasteiger charge is 2.32. The molecular formula is C11H23NO3S. The van der Waals surface area contributed by atoms with Crippen LogP contribution in [0.15, 0.2) is 0 Å². The van der Waals surface area contributed by atoms with E-state index in [4.69, 9.17) is 9.84 Å². The number of thioether (sulfide) groups is 1. The van der Waals surface area contributed by atoms with Gasteiger partial charge in [-0.1, -0.05) is 0 Å². The van der Waals surface area contributed by atoms with E-state index in [9.17, 15) is 4.79 Å². The number of ether oxygens (including phenoxy) is 1. The molecule has 0 bridgehead atoms. The lowest BCUT2D eigenvalue weighted by Gasteiger charge is -2.26. The Hall–Kier alpha value is -0.260. The maximum absolute atomic E-state index is 11.7. The SMILES string of the molecule is CCOC(=O)C(C)(CCSCCCO)NC. The third kappa shape index (κ3) is 5.72. The van der Waals surface area contributed by atoms with E-state index < -0.39 is 5.54 Å². The zero-order valence-electron chi connectivity index (χ0n) is 10.4. The van der Waals surface area contributed by atoms with Crippen LogP contribution in [0.3, 0.4) is 0 Å². The fraction of sp³-hybridized carbons (Fsp3) is 0.909. The lowest BCUT2D eigenvalue weighted by Crippen LogP contribution is -2.49. The molecule has 5 heteroatoms. The Morgan fingerprint density at radius 3 is 2.69 bits per heavy atom. The molecule has 16 heavy (non-hydrogen) atoms. The largest absolute Gasteiger partial charge is 0.465 e. The summed E-state index contributed by atoms with van der Waals surface area (Å²) in [6.07, 6.45) is 1.54. The van der Waals surface area contributed by atoms with Crippen LogP contribution in [-0.2, 0) is 9.53 Å². The molecule has 0 saturated carbocycles. The summed E-state index contributed by atoms with van der Waals surface area (Å²) >= 11 is 1.75. The Morgan fingerprint density at radius 1 is 1.50 bits per heavy atom. The van der Waals surface area contributed by atoms with Gasteiger partial charge < -0.3 is 15.2 Å². The van der Waals surface area contributed by atoms with Crippen LogP contribution in [-0.4, -0.2) is 48.4 Å². The quantitative estimate of drug-likeness (QED) is 0.472. The number of hydrogen-bond donors (Lipinski definition) is 2. The molecular weight excluding hydrogens is 226 g/mol. The van der Waals surface area contributed by atoms with Gasteiger partial charge in [-0.05, 0) is 45.2 Å². The van der Waals surface area contributed by atoms with Crippen LogP contribution < -0.4 is 5.32 Å². The predicted octanol–water partition coefficient (Wildman–Crippen LogP) is 1.03. The fourth-order valence-electron chi connectivity index (χ4n) is 1.16. The van der Waals surface area contributed by atoms with Crippen LogP contribution in [0.4, 0.5) is 0 Å². The minimum atomic E-state index is -0.595. The molecule has 4 nitrogen and oxygen atoms in total. The zero-order valence-corrected chi connectivity index (χ0v) is 11.2. The predicted molar refractivity (Wildman–Crippen MR) is 67.7 cm³/mol. The number of rotatable bonds is 9. The number of aliphatic hydroxyl groups is 1. The van der Waals surface area contributed by atoms with E-state index in [2.05, 4.69) is 5.32 Å². The van der Waals surface area contributed by atoms with Crippen LogP contribution in [0.2, 0.25) is 0 Å². The van der Waals surface area contributed by atoms with E-state index in [1.807, 2.05) is 13.8 Å². The number of carbonyl (C=O) groups is 1. The molecule has 0 aliphatic heterocycles. The molecule has 0 heterocycles. The van der Waals surface area contributed by atoms with E-state index in [1.165, 1.54) is 0 Å². The second-order valence-electron chi connectivity index (χ2n) is 3.74. The highest BCUT2D eigenvalue weighted by molar-refractivity contribution is 7.99. The van der Waals surface area contributed by atoms with E-state index in [-0.39, 0.29) is 12.6 Å². The molecule has 0 radical (unpaired) electrons. The molecule has 0 spiro atoms. The van der Waals surface area contributed by atoms with E-state index in [1.54, 1.807) is 18.8 Å². The maximum atomic E-state index is 11.7. The Balaban J connectivity index is 3.92. The van der Waals surface area contributed by atoms with Crippen molar-refractivity contribution in [3.63, 3.8) is 0 Å². The van der Waals surface area contributed by atoms with E-state index in [0.29, 0.717) is 6.61 Å². The number of esters is 1. The lowest BCUT2D eigenvalue weighted by molar-refractivity contribution is -0.150. The summed E-state index contributed by atoms with van der Waals surface area (Å²) in [7, 11) is 1.77. The van der Waals surface area contributed by atoms with Gasteiger partial charge in [0.15, 0.2) is 0 Å². The minimum Gasteiger partial charge on any atom is -0.465 e. The summed E-state index contributed by atoms with van der Waals surface area (Å²) in [6, 6.07) is 0. The summed E-state index contributed by atoms with van der Waals surface area (Å²) in [6.45, 7) is 4.31. The molecule has 0 aromatic rings. The van der Waals surface area contributed by atoms with Gasteiger partial charge in [-0.2, -0.15) is 11.8 Å².